The molecule has 2 aromatic heterocycles. The molecular formula is C23H23N5O2. The zero-order chi connectivity index (χ0) is 20.7. The van der Waals surface area contributed by atoms with Gasteiger partial charge < -0.3 is 9.88 Å². The molecule has 7 nitrogen and oxygen atoms in total. The molecule has 3 aromatic rings. The van der Waals surface area contributed by atoms with Gasteiger partial charge in [0.05, 0.1) is 5.56 Å². The van der Waals surface area contributed by atoms with Crippen molar-refractivity contribution in [3.05, 3.63) is 69.6 Å². The Morgan fingerprint density at radius 2 is 1.97 bits per heavy atom. The van der Waals surface area contributed by atoms with Gasteiger partial charge in [-0.15, -0.1) is 0 Å². The van der Waals surface area contributed by atoms with Gasteiger partial charge in [-0.3, -0.25) is 19.5 Å². The summed E-state index contributed by atoms with van der Waals surface area (Å²) in [5.74, 6) is 0.716. The van der Waals surface area contributed by atoms with Gasteiger partial charge in [-0.25, -0.2) is 4.98 Å². The molecule has 0 bridgehead atoms. The van der Waals surface area contributed by atoms with E-state index in [0.29, 0.717) is 41.4 Å². The molecular weight excluding hydrogens is 378 g/mol. The van der Waals surface area contributed by atoms with Crippen molar-refractivity contribution in [3.8, 4) is 11.5 Å². The predicted molar refractivity (Wildman–Crippen MR) is 116 cm³/mol. The van der Waals surface area contributed by atoms with Crippen molar-refractivity contribution in [2.45, 2.75) is 25.7 Å². The van der Waals surface area contributed by atoms with E-state index < -0.39 is 0 Å². The first-order valence-electron chi connectivity index (χ1n) is 10.3. The van der Waals surface area contributed by atoms with E-state index in [1.807, 2.05) is 30.3 Å². The van der Waals surface area contributed by atoms with Gasteiger partial charge in [0.1, 0.15) is 11.5 Å². The second-order valence-corrected chi connectivity index (χ2v) is 7.86. The van der Waals surface area contributed by atoms with Gasteiger partial charge in [-0.2, -0.15) is 0 Å². The maximum absolute atomic E-state index is 13.4. The van der Waals surface area contributed by atoms with Crippen LogP contribution in [0.4, 0.5) is 11.5 Å². The third kappa shape index (κ3) is 3.16. The summed E-state index contributed by atoms with van der Waals surface area (Å²) in [5.41, 5.74) is 3.95. The zero-order valence-corrected chi connectivity index (χ0v) is 16.9. The molecule has 5 rings (SSSR count). The summed E-state index contributed by atoms with van der Waals surface area (Å²) >= 11 is 0. The lowest BCUT2D eigenvalue weighted by atomic mass is 9.98. The van der Waals surface area contributed by atoms with Gasteiger partial charge in [0.2, 0.25) is 0 Å². The third-order valence-electron chi connectivity index (χ3n) is 5.89. The fraction of sp³-hybridized carbons (Fsp3) is 0.304. The maximum atomic E-state index is 13.4. The molecule has 152 valence electrons. The number of carbonyl (C=O) groups is 1. The highest BCUT2D eigenvalue weighted by Gasteiger charge is 2.28. The van der Waals surface area contributed by atoms with E-state index in [4.69, 9.17) is 0 Å². The average Bonchev–Trinajstić information content (AvgIpc) is 2.79. The number of benzene rings is 1. The number of hydrogen-bond donors (Lipinski definition) is 1. The summed E-state index contributed by atoms with van der Waals surface area (Å²) in [7, 11) is 2.08. The molecule has 0 saturated heterocycles. The SMILES string of the molecule is CN1CCCc2cc(C(=O)N3CCCc4c3nc(-c3ccccn3)[nH]c4=O)ccc21. The smallest absolute Gasteiger partial charge is 0.259 e. The lowest BCUT2D eigenvalue weighted by Crippen LogP contribution is -2.39. The summed E-state index contributed by atoms with van der Waals surface area (Å²) in [6, 6.07) is 11.3. The molecule has 4 heterocycles. The second-order valence-electron chi connectivity index (χ2n) is 7.86. The lowest BCUT2D eigenvalue weighted by molar-refractivity contribution is 0.0984. The van der Waals surface area contributed by atoms with Crippen LogP contribution in [0.3, 0.4) is 0 Å². The Hall–Kier alpha value is -3.48. The first-order valence-corrected chi connectivity index (χ1v) is 10.3. The summed E-state index contributed by atoms with van der Waals surface area (Å²) < 4.78 is 0. The number of H-pyrrole nitrogens is 1. The monoisotopic (exact) mass is 401 g/mol. The molecule has 0 unspecified atom stereocenters. The van der Waals surface area contributed by atoms with E-state index in [0.717, 1.165) is 25.8 Å². The quantitative estimate of drug-likeness (QED) is 0.714. The molecule has 0 spiro atoms. The largest absolute Gasteiger partial charge is 0.374 e. The Morgan fingerprint density at radius 3 is 2.80 bits per heavy atom. The Bertz CT molecular complexity index is 1170. The molecule has 2 aliphatic rings. The Labute approximate surface area is 174 Å². The van der Waals surface area contributed by atoms with Crippen LogP contribution in [0.25, 0.3) is 11.5 Å². The molecule has 0 fully saturated rings. The number of fused-ring (bicyclic) bond motifs is 2. The van der Waals surface area contributed by atoms with Crippen LogP contribution in [0, 0.1) is 0 Å². The summed E-state index contributed by atoms with van der Waals surface area (Å²) in [6.07, 6.45) is 5.05. The second kappa shape index (κ2) is 7.40. The third-order valence-corrected chi connectivity index (χ3v) is 5.89. The van der Waals surface area contributed by atoms with Crippen molar-refractivity contribution in [2.24, 2.45) is 0 Å². The highest BCUT2D eigenvalue weighted by molar-refractivity contribution is 6.06. The van der Waals surface area contributed by atoms with Gasteiger partial charge in [-0.1, -0.05) is 6.07 Å². The van der Waals surface area contributed by atoms with Gasteiger partial charge in [-0.05, 0) is 61.6 Å². The summed E-state index contributed by atoms with van der Waals surface area (Å²) in [6.45, 7) is 1.57. The topological polar surface area (TPSA) is 82.2 Å². The number of aromatic amines is 1. The van der Waals surface area contributed by atoms with Crippen LogP contribution in [0.2, 0.25) is 0 Å². The van der Waals surface area contributed by atoms with Gasteiger partial charge in [0.25, 0.3) is 11.5 Å². The molecule has 7 heteroatoms. The minimum atomic E-state index is -0.204. The van der Waals surface area contributed by atoms with Crippen molar-refractivity contribution >= 4 is 17.4 Å². The molecule has 0 saturated carbocycles. The van der Waals surface area contributed by atoms with Crippen molar-refractivity contribution in [2.75, 3.05) is 29.9 Å². The Morgan fingerprint density at radius 1 is 1.10 bits per heavy atom. The fourth-order valence-corrected chi connectivity index (χ4v) is 4.35. The number of aryl methyl sites for hydroxylation is 1. The normalized spacial score (nSPS) is 15.5. The summed E-state index contributed by atoms with van der Waals surface area (Å²) in [5, 5.41) is 0. The van der Waals surface area contributed by atoms with Crippen LogP contribution < -0.4 is 15.4 Å². The minimum Gasteiger partial charge on any atom is -0.374 e. The predicted octanol–water partition coefficient (Wildman–Crippen LogP) is 2.81. The van der Waals surface area contributed by atoms with Crippen molar-refractivity contribution in [1.29, 1.82) is 0 Å². The molecule has 0 radical (unpaired) electrons. The van der Waals surface area contributed by atoms with Crippen molar-refractivity contribution < 1.29 is 4.79 Å². The number of aromatic nitrogens is 3. The zero-order valence-electron chi connectivity index (χ0n) is 16.9. The maximum Gasteiger partial charge on any atom is 0.259 e. The molecule has 1 aromatic carbocycles. The van der Waals surface area contributed by atoms with Crippen molar-refractivity contribution in [3.63, 3.8) is 0 Å². The number of hydrogen-bond acceptors (Lipinski definition) is 5. The molecule has 1 amide bonds. The number of carbonyl (C=O) groups excluding carboxylic acids is 1. The average molecular weight is 401 g/mol. The van der Waals surface area contributed by atoms with Crippen molar-refractivity contribution in [1.82, 2.24) is 15.0 Å². The minimum absolute atomic E-state index is 0.114. The van der Waals surface area contributed by atoms with Gasteiger partial charge in [0, 0.05) is 37.6 Å². The first-order chi connectivity index (χ1) is 14.6. The standard InChI is InChI=1S/C23H23N5O2/c1-27-12-4-6-15-14-16(9-10-19(15)27)23(30)28-13-5-7-17-21(28)25-20(26-22(17)29)18-8-2-3-11-24-18/h2-3,8-11,14H,4-7,12-13H2,1H3,(H,25,26,29). The lowest BCUT2D eigenvalue weighted by Gasteiger charge is -2.30. The number of rotatable bonds is 2. The van der Waals surface area contributed by atoms with E-state index in [1.165, 1.54) is 11.3 Å². The van der Waals surface area contributed by atoms with Crippen LogP contribution in [0.15, 0.2) is 47.4 Å². The van der Waals surface area contributed by atoms with E-state index in [2.05, 4.69) is 26.9 Å². The molecule has 0 aliphatic carbocycles. The number of nitrogens with zero attached hydrogens (tertiary/aromatic N) is 4. The van der Waals surface area contributed by atoms with Crippen LogP contribution in [-0.4, -0.2) is 41.0 Å². The van der Waals surface area contributed by atoms with Crippen LogP contribution in [0.5, 0.6) is 0 Å². The molecule has 30 heavy (non-hydrogen) atoms. The fourth-order valence-electron chi connectivity index (χ4n) is 4.35. The number of pyridine rings is 1. The first kappa shape index (κ1) is 18.5. The van der Waals surface area contributed by atoms with E-state index >= 15 is 0 Å². The van der Waals surface area contributed by atoms with Gasteiger partial charge >= 0.3 is 0 Å². The molecule has 0 atom stereocenters. The Balaban J connectivity index is 1.55. The highest BCUT2D eigenvalue weighted by atomic mass is 16.2. The van der Waals surface area contributed by atoms with Crippen LogP contribution in [0.1, 0.15) is 34.3 Å². The Kier molecular flexibility index (Phi) is 4.58. The van der Waals surface area contributed by atoms with E-state index in [9.17, 15) is 9.59 Å². The molecule has 1 N–H and O–H groups in total. The number of nitrogens with one attached hydrogen (secondary N) is 1. The number of amides is 1. The van der Waals surface area contributed by atoms with E-state index in [1.54, 1.807) is 17.2 Å². The number of anilines is 2. The van der Waals surface area contributed by atoms with Crippen LogP contribution >= 0.6 is 0 Å². The summed E-state index contributed by atoms with van der Waals surface area (Å²) in [4.78, 5) is 41.8. The highest BCUT2D eigenvalue weighted by Crippen LogP contribution is 2.30. The van der Waals surface area contributed by atoms with Gasteiger partial charge in [0.15, 0.2) is 5.82 Å². The van der Waals surface area contributed by atoms with Crippen LogP contribution in [-0.2, 0) is 12.8 Å². The van der Waals surface area contributed by atoms with E-state index in [-0.39, 0.29) is 11.5 Å². The molecule has 2 aliphatic heterocycles.